The number of benzene rings is 1. The van der Waals surface area contributed by atoms with Gasteiger partial charge in [0.1, 0.15) is 17.5 Å². The average molecular weight is 447 g/mol. The van der Waals surface area contributed by atoms with E-state index in [-0.39, 0.29) is 24.2 Å². The summed E-state index contributed by atoms with van der Waals surface area (Å²) in [5, 5.41) is 5.57. The highest BCUT2D eigenvalue weighted by atomic mass is 16.5. The first kappa shape index (κ1) is 25.5. The van der Waals surface area contributed by atoms with E-state index < -0.39 is 6.04 Å². The van der Waals surface area contributed by atoms with Gasteiger partial charge in [-0.25, -0.2) is 4.99 Å². The molecular weight excluding hydrogens is 408 g/mol. The summed E-state index contributed by atoms with van der Waals surface area (Å²) < 4.78 is 10.6. The van der Waals surface area contributed by atoms with E-state index in [9.17, 15) is 9.59 Å². The maximum Gasteiger partial charge on any atom is 0.244 e. The molecule has 178 valence electrons. The number of carbonyl (C=O) groups excluding carboxylic acids is 2. The molecule has 1 aliphatic carbocycles. The Morgan fingerprint density at radius 1 is 1.16 bits per heavy atom. The van der Waals surface area contributed by atoms with E-state index in [0.29, 0.717) is 41.9 Å². The van der Waals surface area contributed by atoms with Crippen LogP contribution in [0.4, 0.5) is 0 Å². The first-order valence-electron chi connectivity index (χ1n) is 11.4. The summed E-state index contributed by atoms with van der Waals surface area (Å²) in [6.45, 7) is 4.67. The van der Waals surface area contributed by atoms with E-state index in [0.717, 1.165) is 12.8 Å². The summed E-state index contributed by atoms with van der Waals surface area (Å²) in [5.41, 5.74) is 6.71. The molecule has 0 spiro atoms. The van der Waals surface area contributed by atoms with Crippen LogP contribution in [0.25, 0.3) is 0 Å². The number of rotatable bonds is 10. The lowest BCUT2D eigenvalue weighted by Gasteiger charge is -2.24. The molecule has 1 atom stereocenters. The molecular formula is C24H38N4O4. The molecule has 1 aliphatic rings. The van der Waals surface area contributed by atoms with E-state index in [1.54, 1.807) is 32.4 Å². The van der Waals surface area contributed by atoms with Crippen molar-refractivity contribution in [2.45, 2.75) is 64.8 Å². The van der Waals surface area contributed by atoms with Gasteiger partial charge < -0.3 is 20.5 Å². The van der Waals surface area contributed by atoms with Gasteiger partial charge in [0.2, 0.25) is 11.8 Å². The summed E-state index contributed by atoms with van der Waals surface area (Å²) in [6.07, 6.45) is 6.51. The third kappa shape index (κ3) is 8.40. The number of hydrogen-bond acceptors (Lipinski definition) is 5. The average Bonchev–Trinajstić information content (AvgIpc) is 2.77. The fraction of sp³-hybridized carbons (Fsp3) is 0.625. The first-order chi connectivity index (χ1) is 15.3. The second kappa shape index (κ2) is 12.9. The second-order valence-corrected chi connectivity index (χ2v) is 8.81. The van der Waals surface area contributed by atoms with Gasteiger partial charge in [-0.2, -0.15) is 0 Å². The Hall–Kier alpha value is -2.77. The summed E-state index contributed by atoms with van der Waals surface area (Å²) in [6, 6.07) is 4.65. The number of nitrogens with two attached hydrogens (primary N) is 1. The van der Waals surface area contributed by atoms with Crippen molar-refractivity contribution < 1.29 is 19.1 Å². The standard InChI is InChI=1S/C24H38N4O4/c1-16(2)15-26-23(30)20(12-17-8-6-5-7-9-17)27-24(25)28-22(29)14-18-13-19(31-3)10-11-21(18)32-4/h10-11,13,16-17,20H,5-9,12,14-15H2,1-4H3,(H,26,30)(H3,25,27,28,29). The van der Waals surface area contributed by atoms with Gasteiger partial charge in [-0.15, -0.1) is 0 Å². The minimum absolute atomic E-state index is 0.0441. The van der Waals surface area contributed by atoms with Crippen LogP contribution >= 0.6 is 0 Å². The number of nitrogens with zero attached hydrogens (tertiary/aromatic N) is 1. The van der Waals surface area contributed by atoms with Gasteiger partial charge >= 0.3 is 0 Å². The summed E-state index contributed by atoms with van der Waals surface area (Å²) in [4.78, 5) is 29.7. The summed E-state index contributed by atoms with van der Waals surface area (Å²) in [5.74, 6) is 1.48. The molecule has 0 heterocycles. The zero-order valence-corrected chi connectivity index (χ0v) is 19.8. The van der Waals surface area contributed by atoms with Crippen molar-refractivity contribution in [3.05, 3.63) is 23.8 Å². The summed E-state index contributed by atoms with van der Waals surface area (Å²) >= 11 is 0. The molecule has 1 fully saturated rings. The van der Waals surface area contributed by atoms with Crippen LogP contribution in [-0.4, -0.2) is 44.6 Å². The van der Waals surface area contributed by atoms with Gasteiger partial charge in [0.25, 0.3) is 0 Å². The number of hydrogen-bond donors (Lipinski definition) is 3. The fourth-order valence-electron chi connectivity index (χ4n) is 3.96. The Labute approximate surface area is 191 Å². The molecule has 2 amide bonds. The SMILES string of the molecule is COc1ccc(OC)c(CC(=O)NC(N)=NC(CC2CCCCC2)C(=O)NCC(C)C)c1. The van der Waals surface area contributed by atoms with Gasteiger partial charge in [-0.1, -0.05) is 46.0 Å². The van der Waals surface area contributed by atoms with E-state index in [1.807, 2.05) is 13.8 Å². The highest BCUT2D eigenvalue weighted by Gasteiger charge is 2.24. The highest BCUT2D eigenvalue weighted by Crippen LogP contribution is 2.28. The minimum atomic E-state index is -0.608. The van der Waals surface area contributed by atoms with E-state index in [2.05, 4.69) is 15.6 Å². The van der Waals surface area contributed by atoms with E-state index in [1.165, 1.54) is 19.3 Å². The molecule has 1 aromatic carbocycles. The zero-order valence-electron chi connectivity index (χ0n) is 19.8. The summed E-state index contributed by atoms with van der Waals surface area (Å²) in [7, 11) is 3.11. The molecule has 32 heavy (non-hydrogen) atoms. The van der Waals surface area contributed by atoms with Crippen molar-refractivity contribution in [3.63, 3.8) is 0 Å². The molecule has 1 aromatic rings. The van der Waals surface area contributed by atoms with Crippen molar-refractivity contribution in [3.8, 4) is 11.5 Å². The van der Waals surface area contributed by atoms with Crippen LogP contribution in [0, 0.1) is 11.8 Å². The monoisotopic (exact) mass is 446 g/mol. The lowest BCUT2D eigenvalue weighted by molar-refractivity contribution is -0.123. The lowest BCUT2D eigenvalue weighted by atomic mass is 9.84. The topological polar surface area (TPSA) is 115 Å². The Morgan fingerprint density at radius 2 is 1.88 bits per heavy atom. The normalized spacial score (nSPS) is 15.8. The Kier molecular flexibility index (Phi) is 10.3. The number of methoxy groups -OCH3 is 2. The van der Waals surface area contributed by atoms with Gasteiger partial charge in [0.05, 0.1) is 20.6 Å². The van der Waals surface area contributed by atoms with Crippen LogP contribution in [0.3, 0.4) is 0 Å². The van der Waals surface area contributed by atoms with Crippen LogP contribution in [0.15, 0.2) is 23.2 Å². The number of ether oxygens (including phenoxy) is 2. The number of amides is 2. The molecule has 1 saturated carbocycles. The van der Waals surface area contributed by atoms with Gasteiger partial charge in [-0.05, 0) is 36.5 Å². The molecule has 0 bridgehead atoms. The first-order valence-corrected chi connectivity index (χ1v) is 11.4. The largest absolute Gasteiger partial charge is 0.497 e. The minimum Gasteiger partial charge on any atom is -0.497 e. The van der Waals surface area contributed by atoms with Crippen molar-refractivity contribution in [1.82, 2.24) is 10.6 Å². The number of nitrogens with one attached hydrogen (secondary N) is 2. The fourth-order valence-corrected chi connectivity index (χ4v) is 3.96. The Bertz CT molecular complexity index is 788. The maximum atomic E-state index is 12.8. The van der Waals surface area contributed by atoms with E-state index >= 15 is 0 Å². The third-order valence-corrected chi connectivity index (χ3v) is 5.67. The van der Waals surface area contributed by atoms with Crippen LogP contribution < -0.4 is 25.8 Å². The van der Waals surface area contributed by atoms with Crippen molar-refractivity contribution >= 4 is 17.8 Å². The molecule has 1 unspecified atom stereocenters. The highest BCUT2D eigenvalue weighted by molar-refractivity contribution is 5.98. The molecule has 0 radical (unpaired) electrons. The number of aliphatic imine (C=N–C) groups is 1. The Morgan fingerprint density at radius 3 is 2.50 bits per heavy atom. The smallest absolute Gasteiger partial charge is 0.244 e. The molecule has 2 rings (SSSR count). The lowest BCUT2D eigenvalue weighted by Crippen LogP contribution is -2.42. The predicted octanol–water partition coefficient (Wildman–Crippen LogP) is 2.79. The molecule has 0 aromatic heterocycles. The molecule has 4 N–H and O–H groups in total. The number of carbonyl (C=O) groups is 2. The van der Waals surface area contributed by atoms with E-state index in [4.69, 9.17) is 15.2 Å². The van der Waals surface area contributed by atoms with Gasteiger partial charge in [-0.3, -0.25) is 14.9 Å². The van der Waals surface area contributed by atoms with Crippen molar-refractivity contribution in [1.29, 1.82) is 0 Å². The van der Waals surface area contributed by atoms with Crippen LogP contribution in [0.2, 0.25) is 0 Å². The molecule has 0 aliphatic heterocycles. The molecule has 0 saturated heterocycles. The van der Waals surface area contributed by atoms with Crippen molar-refractivity contribution in [2.24, 2.45) is 22.6 Å². The van der Waals surface area contributed by atoms with Crippen LogP contribution in [0.5, 0.6) is 11.5 Å². The molecule has 8 heteroatoms. The van der Waals surface area contributed by atoms with Crippen LogP contribution in [-0.2, 0) is 16.0 Å². The van der Waals surface area contributed by atoms with Gasteiger partial charge in [0.15, 0.2) is 5.96 Å². The second-order valence-electron chi connectivity index (χ2n) is 8.81. The predicted molar refractivity (Wildman–Crippen MR) is 126 cm³/mol. The number of guanidine groups is 1. The third-order valence-electron chi connectivity index (χ3n) is 5.67. The quantitative estimate of drug-likeness (QED) is 0.378. The van der Waals surface area contributed by atoms with Crippen LogP contribution in [0.1, 0.15) is 57.9 Å². The Balaban J connectivity index is 2.06. The maximum absolute atomic E-state index is 12.8. The van der Waals surface area contributed by atoms with Gasteiger partial charge in [0, 0.05) is 12.1 Å². The van der Waals surface area contributed by atoms with Crippen molar-refractivity contribution in [2.75, 3.05) is 20.8 Å². The zero-order chi connectivity index (χ0) is 23.5. The molecule has 8 nitrogen and oxygen atoms in total.